The molecule has 1 aromatic heterocycles. The Morgan fingerprint density at radius 3 is 2.35 bits per heavy atom. The summed E-state index contributed by atoms with van der Waals surface area (Å²) in [7, 11) is 1.95. The zero-order chi connectivity index (χ0) is 17.7. The van der Waals surface area contributed by atoms with E-state index in [1.807, 2.05) is 39.4 Å². The molecule has 0 aliphatic rings. The Kier molecular flexibility index (Phi) is 6.62. The molecule has 23 heavy (non-hydrogen) atoms. The van der Waals surface area contributed by atoms with Gasteiger partial charge in [-0.1, -0.05) is 13.8 Å². The zero-order valence-corrected chi connectivity index (χ0v) is 15.6. The van der Waals surface area contributed by atoms with Crippen molar-refractivity contribution >= 4 is 6.09 Å². The third-order valence-electron chi connectivity index (χ3n) is 4.07. The van der Waals surface area contributed by atoms with E-state index in [0.29, 0.717) is 6.54 Å². The number of hydrogen-bond acceptors (Lipinski definition) is 4. The van der Waals surface area contributed by atoms with Crippen LogP contribution in [0.25, 0.3) is 0 Å². The van der Waals surface area contributed by atoms with Crippen LogP contribution in [0.15, 0.2) is 6.07 Å². The number of carbonyl (C=O) groups is 1. The smallest absolute Gasteiger partial charge is 0.407 e. The summed E-state index contributed by atoms with van der Waals surface area (Å²) in [6.07, 6.45) is 1.45. The highest BCUT2D eigenvalue weighted by Gasteiger charge is 2.27. The Hall–Kier alpha value is -1.56. The molecule has 0 aromatic carbocycles. The van der Waals surface area contributed by atoms with Crippen molar-refractivity contribution in [1.29, 1.82) is 0 Å². The fourth-order valence-corrected chi connectivity index (χ4v) is 2.48. The molecule has 2 N–H and O–H groups in total. The van der Waals surface area contributed by atoms with Gasteiger partial charge in [0.15, 0.2) is 0 Å². The highest BCUT2D eigenvalue weighted by atomic mass is 16.6. The van der Waals surface area contributed by atoms with E-state index in [2.05, 4.69) is 35.6 Å². The van der Waals surface area contributed by atoms with Crippen molar-refractivity contribution in [2.45, 2.75) is 72.1 Å². The largest absolute Gasteiger partial charge is 0.444 e. The van der Waals surface area contributed by atoms with Crippen LogP contribution < -0.4 is 10.6 Å². The third-order valence-corrected chi connectivity index (χ3v) is 4.07. The average molecular weight is 324 g/mol. The number of aromatic nitrogens is 2. The first-order chi connectivity index (χ1) is 10.6. The minimum Gasteiger partial charge on any atom is -0.444 e. The Morgan fingerprint density at radius 2 is 1.91 bits per heavy atom. The van der Waals surface area contributed by atoms with Crippen molar-refractivity contribution in [2.24, 2.45) is 7.05 Å². The molecule has 0 spiro atoms. The minimum atomic E-state index is -0.481. The molecule has 132 valence electrons. The molecular weight excluding hydrogens is 292 g/mol. The molecule has 1 rings (SSSR count). The SMILES string of the molecule is CCC(CC)(CNC(=O)OC(C)(C)C)NCc1cc(C)nn1C. The van der Waals surface area contributed by atoms with Crippen LogP contribution in [0.4, 0.5) is 4.79 Å². The van der Waals surface area contributed by atoms with Gasteiger partial charge in [0, 0.05) is 25.7 Å². The topological polar surface area (TPSA) is 68.2 Å². The van der Waals surface area contributed by atoms with Crippen molar-refractivity contribution in [3.8, 4) is 0 Å². The molecule has 0 atom stereocenters. The van der Waals surface area contributed by atoms with Crippen LogP contribution in [0.1, 0.15) is 58.8 Å². The molecule has 0 unspecified atom stereocenters. The first-order valence-corrected chi connectivity index (χ1v) is 8.32. The van der Waals surface area contributed by atoms with Gasteiger partial charge < -0.3 is 15.4 Å². The first kappa shape index (κ1) is 19.5. The van der Waals surface area contributed by atoms with E-state index in [9.17, 15) is 4.79 Å². The van der Waals surface area contributed by atoms with Crippen LogP contribution in [0, 0.1) is 6.92 Å². The standard InChI is InChI=1S/C17H32N4O2/c1-8-17(9-2,12-18-15(22)23-16(4,5)6)19-11-14-10-13(3)20-21(14)7/h10,19H,8-9,11-12H2,1-7H3,(H,18,22). The summed E-state index contributed by atoms with van der Waals surface area (Å²) in [5.74, 6) is 0. The van der Waals surface area contributed by atoms with E-state index in [0.717, 1.165) is 30.8 Å². The molecule has 6 heteroatoms. The predicted molar refractivity (Wildman–Crippen MR) is 92.3 cm³/mol. The van der Waals surface area contributed by atoms with E-state index in [1.54, 1.807) is 0 Å². The molecule has 0 saturated carbocycles. The van der Waals surface area contributed by atoms with E-state index in [-0.39, 0.29) is 11.6 Å². The van der Waals surface area contributed by atoms with Crippen LogP contribution in [-0.4, -0.2) is 33.6 Å². The molecule has 0 saturated heterocycles. The van der Waals surface area contributed by atoms with Gasteiger partial charge in [-0.3, -0.25) is 4.68 Å². The molecule has 0 fully saturated rings. The summed E-state index contributed by atoms with van der Waals surface area (Å²) in [5, 5.41) is 10.8. The van der Waals surface area contributed by atoms with Gasteiger partial charge in [0.05, 0.1) is 11.4 Å². The second-order valence-corrected chi connectivity index (χ2v) is 7.10. The number of carbonyl (C=O) groups excluding carboxylic acids is 1. The lowest BCUT2D eigenvalue weighted by Crippen LogP contribution is -2.53. The number of nitrogens with zero attached hydrogens (tertiary/aromatic N) is 2. The van der Waals surface area contributed by atoms with Crippen molar-refractivity contribution in [3.05, 3.63) is 17.5 Å². The maximum absolute atomic E-state index is 11.9. The molecule has 6 nitrogen and oxygen atoms in total. The fraction of sp³-hybridized carbons (Fsp3) is 0.765. The minimum absolute atomic E-state index is 0.158. The molecule has 0 radical (unpaired) electrons. The summed E-state index contributed by atoms with van der Waals surface area (Å²) in [6.45, 7) is 13.1. The maximum Gasteiger partial charge on any atom is 0.407 e. The van der Waals surface area contributed by atoms with Gasteiger partial charge in [-0.25, -0.2) is 4.79 Å². The molecule has 1 aromatic rings. The normalized spacial score (nSPS) is 12.3. The Labute approximate surface area is 140 Å². The lowest BCUT2D eigenvalue weighted by molar-refractivity contribution is 0.0506. The zero-order valence-electron chi connectivity index (χ0n) is 15.6. The van der Waals surface area contributed by atoms with Gasteiger partial charge in [-0.15, -0.1) is 0 Å². The maximum atomic E-state index is 11.9. The van der Waals surface area contributed by atoms with Crippen molar-refractivity contribution in [3.63, 3.8) is 0 Å². The van der Waals surface area contributed by atoms with Gasteiger partial charge >= 0.3 is 6.09 Å². The van der Waals surface area contributed by atoms with E-state index < -0.39 is 5.60 Å². The second-order valence-electron chi connectivity index (χ2n) is 7.10. The van der Waals surface area contributed by atoms with E-state index >= 15 is 0 Å². The molecule has 1 amide bonds. The highest BCUT2D eigenvalue weighted by molar-refractivity contribution is 5.67. The van der Waals surface area contributed by atoms with Gasteiger partial charge in [-0.05, 0) is 46.6 Å². The van der Waals surface area contributed by atoms with Crippen LogP contribution >= 0.6 is 0 Å². The van der Waals surface area contributed by atoms with E-state index in [4.69, 9.17) is 4.74 Å². The Bertz CT molecular complexity index is 513. The summed E-state index contributed by atoms with van der Waals surface area (Å²) in [6, 6.07) is 2.07. The number of rotatable bonds is 7. The number of alkyl carbamates (subject to hydrolysis) is 1. The quantitative estimate of drug-likeness (QED) is 0.809. The monoisotopic (exact) mass is 324 g/mol. The number of nitrogens with one attached hydrogen (secondary N) is 2. The molecular formula is C17H32N4O2. The molecule has 0 bridgehead atoms. The van der Waals surface area contributed by atoms with Crippen molar-refractivity contribution in [2.75, 3.05) is 6.54 Å². The third kappa shape index (κ3) is 6.22. The lowest BCUT2D eigenvalue weighted by Gasteiger charge is -2.33. The number of hydrogen-bond donors (Lipinski definition) is 2. The number of aryl methyl sites for hydroxylation is 2. The lowest BCUT2D eigenvalue weighted by atomic mass is 9.92. The Balaban J connectivity index is 2.64. The van der Waals surface area contributed by atoms with Crippen molar-refractivity contribution in [1.82, 2.24) is 20.4 Å². The Morgan fingerprint density at radius 1 is 1.30 bits per heavy atom. The summed E-state index contributed by atoms with van der Waals surface area (Å²) < 4.78 is 7.20. The number of ether oxygens (including phenoxy) is 1. The van der Waals surface area contributed by atoms with Gasteiger partial charge in [0.1, 0.15) is 5.60 Å². The number of amides is 1. The summed E-state index contributed by atoms with van der Waals surface area (Å²) >= 11 is 0. The van der Waals surface area contributed by atoms with E-state index in [1.165, 1.54) is 0 Å². The second kappa shape index (κ2) is 7.81. The highest BCUT2D eigenvalue weighted by Crippen LogP contribution is 2.16. The molecule has 1 heterocycles. The summed E-state index contributed by atoms with van der Waals surface area (Å²) in [5.41, 5.74) is 1.50. The predicted octanol–water partition coefficient (Wildman–Crippen LogP) is 2.90. The van der Waals surface area contributed by atoms with Gasteiger partial charge in [0.2, 0.25) is 0 Å². The van der Waals surface area contributed by atoms with Crippen LogP contribution in [0.5, 0.6) is 0 Å². The van der Waals surface area contributed by atoms with Gasteiger partial charge in [0.25, 0.3) is 0 Å². The first-order valence-electron chi connectivity index (χ1n) is 8.32. The van der Waals surface area contributed by atoms with Crippen LogP contribution in [0.3, 0.4) is 0 Å². The van der Waals surface area contributed by atoms with Crippen LogP contribution in [-0.2, 0) is 18.3 Å². The van der Waals surface area contributed by atoms with Crippen molar-refractivity contribution < 1.29 is 9.53 Å². The molecule has 0 aliphatic carbocycles. The van der Waals surface area contributed by atoms with Gasteiger partial charge in [-0.2, -0.15) is 5.10 Å². The average Bonchev–Trinajstić information content (AvgIpc) is 2.76. The fourth-order valence-electron chi connectivity index (χ4n) is 2.48. The molecule has 0 aliphatic heterocycles. The van der Waals surface area contributed by atoms with Crippen LogP contribution in [0.2, 0.25) is 0 Å². The summed E-state index contributed by atoms with van der Waals surface area (Å²) in [4.78, 5) is 11.9.